The summed E-state index contributed by atoms with van der Waals surface area (Å²) in [6.45, 7) is 9.83. The molecule has 0 saturated heterocycles. The molecule has 26 heteroatoms. The van der Waals surface area contributed by atoms with E-state index < -0.39 is 150 Å². The number of fused-ring (bicyclic) bond motifs is 1. The highest BCUT2D eigenvalue weighted by Gasteiger charge is 2.37. The van der Waals surface area contributed by atoms with Crippen molar-refractivity contribution >= 4 is 82.2 Å². The molecule has 1 heterocycles. The zero-order chi connectivity index (χ0) is 53.2. The van der Waals surface area contributed by atoms with Crippen LogP contribution in [0.15, 0.2) is 30.5 Å². The molecule has 17 N–H and O–H groups in total. The summed E-state index contributed by atoms with van der Waals surface area (Å²) in [5, 5.41) is 39.6. The summed E-state index contributed by atoms with van der Waals surface area (Å²) in [6.07, 6.45) is -1.54. The fraction of sp³-hybridized carbons (Fsp3) is 0.545. The molecule has 70 heavy (non-hydrogen) atoms. The van der Waals surface area contributed by atoms with Crippen molar-refractivity contribution < 1.29 is 67.7 Å². The molecule has 0 fully saturated rings. The molecule has 0 radical (unpaired) electrons. The Bertz CT molecular complexity index is 2250. The van der Waals surface area contributed by atoms with Gasteiger partial charge in [0.2, 0.25) is 59.1 Å². The lowest BCUT2D eigenvalue weighted by atomic mass is 10.0. The molecule has 0 spiro atoms. The molecular weight excluding hydrogens is 921 g/mol. The number of hydrogen-bond donors (Lipinski definition) is 14. The molecule has 0 bridgehead atoms. The first-order chi connectivity index (χ1) is 32.7. The van der Waals surface area contributed by atoms with E-state index >= 15 is 0 Å². The summed E-state index contributed by atoms with van der Waals surface area (Å²) in [7, 11) is 0. The van der Waals surface area contributed by atoms with Crippen LogP contribution in [-0.2, 0) is 64.0 Å². The number of amides is 10. The molecule has 0 saturated carbocycles. The van der Waals surface area contributed by atoms with Gasteiger partial charge in [-0.05, 0) is 50.7 Å². The van der Waals surface area contributed by atoms with Crippen LogP contribution >= 0.6 is 0 Å². The fourth-order valence-electron chi connectivity index (χ4n) is 6.74. The van der Waals surface area contributed by atoms with Gasteiger partial charge in [-0.15, -0.1) is 0 Å². The number of carboxylic acids is 1. The Morgan fingerprint density at radius 1 is 0.600 bits per heavy atom. The first kappa shape index (κ1) is 58.6. The van der Waals surface area contributed by atoms with E-state index in [0.717, 1.165) is 23.4 Å². The molecule has 0 aliphatic rings. The molecule has 386 valence electrons. The lowest BCUT2D eigenvalue weighted by molar-refractivity contribution is -0.141. The normalized spacial score (nSPS) is 15.5. The van der Waals surface area contributed by atoms with Crippen LogP contribution in [-0.4, -0.2) is 147 Å². The summed E-state index contributed by atoms with van der Waals surface area (Å²) in [4.78, 5) is 156. The summed E-state index contributed by atoms with van der Waals surface area (Å²) >= 11 is 0. The highest BCUT2D eigenvalue weighted by atomic mass is 16.4. The second kappa shape index (κ2) is 27.5. The largest absolute Gasteiger partial charge is 0.481 e. The smallest absolute Gasteiger partial charge is 0.305 e. The number of para-hydroxylation sites is 1. The number of aromatic nitrogens is 1. The van der Waals surface area contributed by atoms with Crippen LogP contribution in [0.1, 0.15) is 79.7 Å². The van der Waals surface area contributed by atoms with E-state index in [1.54, 1.807) is 20.0 Å². The maximum Gasteiger partial charge on any atom is 0.305 e. The minimum absolute atomic E-state index is 0.169. The van der Waals surface area contributed by atoms with Crippen LogP contribution in [0.4, 0.5) is 0 Å². The molecule has 0 aliphatic heterocycles. The van der Waals surface area contributed by atoms with Crippen LogP contribution in [0.3, 0.4) is 0 Å². The van der Waals surface area contributed by atoms with Gasteiger partial charge in [-0.1, -0.05) is 45.9 Å². The molecule has 0 unspecified atom stereocenters. The highest BCUT2D eigenvalue weighted by Crippen LogP contribution is 2.19. The number of nitrogens with one attached hydrogen (secondary N) is 9. The number of benzene rings is 1. The summed E-state index contributed by atoms with van der Waals surface area (Å²) in [6, 6.07) is -5.71. The number of aliphatic carboxylic acids is 1. The topological polar surface area (TPSA) is 435 Å². The van der Waals surface area contributed by atoms with Gasteiger partial charge in [0.25, 0.3) is 0 Å². The van der Waals surface area contributed by atoms with Gasteiger partial charge in [-0.2, -0.15) is 0 Å². The average Bonchev–Trinajstić information content (AvgIpc) is 3.68. The number of rotatable bonds is 29. The van der Waals surface area contributed by atoms with Gasteiger partial charge in [-0.25, -0.2) is 0 Å². The molecule has 2 rings (SSSR count). The minimum atomic E-state index is -1.84. The number of H-pyrrole nitrogens is 1. The molecule has 1 aromatic carbocycles. The molecule has 0 aliphatic carbocycles. The van der Waals surface area contributed by atoms with Crippen LogP contribution in [0.2, 0.25) is 0 Å². The Hall–Kier alpha value is -7.48. The Labute approximate surface area is 402 Å². The Balaban J connectivity index is 2.12. The minimum Gasteiger partial charge on any atom is -0.481 e. The van der Waals surface area contributed by atoms with Crippen molar-refractivity contribution in [2.24, 2.45) is 29.0 Å². The monoisotopic (exact) mass is 986 g/mol. The first-order valence-corrected chi connectivity index (χ1v) is 22.3. The first-order valence-electron chi connectivity index (χ1n) is 22.3. The number of nitrogens with two attached hydrogens (primary N) is 3. The summed E-state index contributed by atoms with van der Waals surface area (Å²) < 4.78 is 0. The van der Waals surface area contributed by atoms with Gasteiger partial charge < -0.3 is 79.7 Å². The molecule has 10 amide bonds. The summed E-state index contributed by atoms with van der Waals surface area (Å²) in [5.74, 6) is -12.7. The number of aromatic amines is 1. The number of aliphatic hydroxyl groups excluding tert-OH is 1. The van der Waals surface area contributed by atoms with Crippen molar-refractivity contribution in [3.05, 3.63) is 36.0 Å². The van der Waals surface area contributed by atoms with Crippen molar-refractivity contribution in [3.63, 3.8) is 0 Å². The van der Waals surface area contributed by atoms with E-state index in [-0.39, 0.29) is 19.3 Å². The van der Waals surface area contributed by atoms with Crippen molar-refractivity contribution in [2.75, 3.05) is 0 Å². The van der Waals surface area contributed by atoms with E-state index in [0.29, 0.717) is 6.29 Å². The van der Waals surface area contributed by atoms with Crippen molar-refractivity contribution in [1.82, 2.24) is 47.5 Å². The molecular formula is C44H66N12O14. The molecule has 2 aromatic rings. The zero-order valence-electron chi connectivity index (χ0n) is 40.0. The van der Waals surface area contributed by atoms with Crippen molar-refractivity contribution in [3.8, 4) is 0 Å². The van der Waals surface area contributed by atoms with Crippen LogP contribution < -0.4 is 59.7 Å². The standard InChI is InChI=1S/C44H66N12O14/c1-19(2)34(42(68)49-21(5)37(63)51-25(18-57)14-24-17-48-28-11-9-8-10-26(24)28)54-38(64)22(6)50-44(70)36(23(7)58)56-40(66)29(15-32(47)60)53-43(69)35(20(3)4)55-41(67)30(16-33(61)62)52-39(65)27(45)12-13-31(46)59/h8-11,17-23,25,27,29-30,34-36,48,58H,12-16,45H2,1-7H3,(H2,46,59)(H2,47,60)(H,49,68)(H,50,70)(H,51,63)(H,52,65)(H,53,69)(H,54,64)(H,55,67)(H,56,66)(H,61,62)/t21-,22-,23+,25-,27-,29-,30-,34-,35-,36-/m0/s1. The van der Waals surface area contributed by atoms with Crippen molar-refractivity contribution in [1.29, 1.82) is 0 Å². The number of aldehydes is 1. The predicted octanol–water partition coefficient (Wildman–Crippen LogP) is -4.54. The number of carboxylic acid groups (broad SMARTS) is 1. The third-order valence-corrected chi connectivity index (χ3v) is 10.8. The van der Waals surface area contributed by atoms with Crippen molar-refractivity contribution in [2.45, 2.75) is 141 Å². The number of primary amides is 2. The van der Waals surface area contributed by atoms with Gasteiger partial charge in [0.1, 0.15) is 48.6 Å². The SMILES string of the molecule is CC(C)[C@H](NC(=O)[C@H](C)NC(=O)[C@@H](NC(=O)[C@H](CC(N)=O)NC(=O)[C@@H](NC(=O)[C@H](CC(=O)O)NC(=O)[C@@H](N)CCC(N)=O)C(C)C)[C@@H](C)O)C(=O)N[C@@H](C)C(=O)N[C@H](C=O)Cc1c[nH]c2ccccc12. The summed E-state index contributed by atoms with van der Waals surface area (Å²) in [5.41, 5.74) is 17.8. The number of aliphatic hydroxyl groups is 1. The molecule has 1 aromatic heterocycles. The van der Waals surface area contributed by atoms with E-state index in [2.05, 4.69) is 47.5 Å². The lowest BCUT2D eigenvalue weighted by Gasteiger charge is -2.29. The maximum atomic E-state index is 13.6. The third kappa shape index (κ3) is 18.5. The quantitative estimate of drug-likeness (QED) is 0.0342. The number of hydrogen-bond acceptors (Lipinski definition) is 14. The lowest BCUT2D eigenvalue weighted by Crippen LogP contribution is -2.62. The van der Waals surface area contributed by atoms with E-state index in [1.807, 2.05) is 24.3 Å². The molecule has 26 nitrogen and oxygen atoms in total. The second-order valence-corrected chi connectivity index (χ2v) is 17.5. The number of carbonyl (C=O) groups is 12. The average molecular weight is 987 g/mol. The second-order valence-electron chi connectivity index (χ2n) is 17.5. The van der Waals surface area contributed by atoms with E-state index in [4.69, 9.17) is 17.2 Å². The van der Waals surface area contributed by atoms with E-state index in [1.165, 1.54) is 27.7 Å². The Kier molecular flexibility index (Phi) is 23.0. The third-order valence-electron chi connectivity index (χ3n) is 10.8. The van der Waals surface area contributed by atoms with Crippen LogP contribution in [0.25, 0.3) is 10.9 Å². The highest BCUT2D eigenvalue weighted by molar-refractivity contribution is 5.99. The Morgan fingerprint density at radius 2 is 1.07 bits per heavy atom. The van der Waals surface area contributed by atoms with Gasteiger partial charge in [-0.3, -0.25) is 52.7 Å². The fourth-order valence-corrected chi connectivity index (χ4v) is 6.74. The number of carbonyl (C=O) groups excluding carboxylic acids is 11. The van der Waals surface area contributed by atoms with Gasteiger partial charge in [0.05, 0.1) is 31.0 Å². The van der Waals surface area contributed by atoms with Gasteiger partial charge in [0, 0.05) is 29.9 Å². The maximum absolute atomic E-state index is 13.6. The van der Waals surface area contributed by atoms with Crippen LogP contribution in [0.5, 0.6) is 0 Å². The Morgan fingerprint density at radius 3 is 1.57 bits per heavy atom. The predicted molar refractivity (Wildman–Crippen MR) is 249 cm³/mol. The van der Waals surface area contributed by atoms with E-state index in [9.17, 15) is 67.7 Å². The van der Waals surface area contributed by atoms with Gasteiger partial charge >= 0.3 is 5.97 Å². The van der Waals surface area contributed by atoms with Crippen LogP contribution in [0, 0.1) is 11.8 Å². The zero-order valence-corrected chi connectivity index (χ0v) is 40.0. The molecule has 10 atom stereocenters. The van der Waals surface area contributed by atoms with Gasteiger partial charge in [0.15, 0.2) is 0 Å².